The van der Waals surface area contributed by atoms with Crippen molar-refractivity contribution in [2.45, 2.75) is 96.8 Å². The molecule has 2 aliphatic carbocycles. The van der Waals surface area contributed by atoms with Gasteiger partial charge in [-0.25, -0.2) is 13.2 Å². The highest BCUT2D eigenvalue weighted by Crippen LogP contribution is 2.43. The zero-order valence-corrected chi connectivity index (χ0v) is 17.5. The van der Waals surface area contributed by atoms with E-state index in [1.165, 1.54) is 70.6 Å². The molecule has 0 unspecified atom stereocenters. The summed E-state index contributed by atoms with van der Waals surface area (Å²) in [7, 11) is 0. The summed E-state index contributed by atoms with van der Waals surface area (Å²) in [6, 6.07) is 2.28. The van der Waals surface area contributed by atoms with Crippen LogP contribution in [-0.2, 0) is 6.42 Å². The molecule has 28 heavy (non-hydrogen) atoms. The van der Waals surface area contributed by atoms with Gasteiger partial charge in [0.1, 0.15) is 0 Å². The first-order valence-corrected chi connectivity index (χ1v) is 11.7. The molecule has 2 saturated carbocycles. The smallest absolute Gasteiger partial charge is 0.194 e. The quantitative estimate of drug-likeness (QED) is 0.308. The van der Waals surface area contributed by atoms with Crippen molar-refractivity contribution >= 4 is 0 Å². The van der Waals surface area contributed by atoms with Gasteiger partial charge in [0, 0.05) is 0 Å². The van der Waals surface area contributed by atoms with Crippen LogP contribution in [0.5, 0.6) is 0 Å². The van der Waals surface area contributed by atoms with E-state index in [1.54, 1.807) is 0 Å². The van der Waals surface area contributed by atoms with E-state index >= 15 is 0 Å². The van der Waals surface area contributed by atoms with Crippen LogP contribution in [0.2, 0.25) is 0 Å². The fraction of sp³-hybridized carbons (Fsp3) is 0.760. The van der Waals surface area contributed by atoms with Crippen LogP contribution >= 0.6 is 0 Å². The topological polar surface area (TPSA) is 0 Å². The molecule has 0 N–H and O–H groups in total. The third-order valence-corrected chi connectivity index (χ3v) is 7.52. The van der Waals surface area contributed by atoms with E-state index in [9.17, 15) is 13.2 Å². The van der Waals surface area contributed by atoms with Crippen LogP contribution in [-0.4, -0.2) is 0 Å². The lowest BCUT2D eigenvalue weighted by molar-refractivity contribution is 0.140. The first kappa shape index (κ1) is 21.7. The molecule has 1 aromatic rings. The molecule has 0 heterocycles. The Bertz CT molecular complexity index is 573. The molecule has 0 atom stereocenters. The SMILES string of the molecule is CCC[C@H]1CC[C@H](C2CCC(CCCCc3cc(F)c(F)c(F)c3)CC2)CC1. The van der Waals surface area contributed by atoms with Gasteiger partial charge in [0.05, 0.1) is 0 Å². The minimum atomic E-state index is -1.36. The van der Waals surface area contributed by atoms with E-state index in [0.717, 1.165) is 48.6 Å². The summed E-state index contributed by atoms with van der Waals surface area (Å²) < 4.78 is 39.6. The van der Waals surface area contributed by atoms with Crippen LogP contribution in [0.4, 0.5) is 13.2 Å². The fourth-order valence-electron chi connectivity index (χ4n) is 5.82. The van der Waals surface area contributed by atoms with Crippen LogP contribution in [0.25, 0.3) is 0 Å². The molecule has 158 valence electrons. The van der Waals surface area contributed by atoms with E-state index in [1.807, 2.05) is 0 Å². The molecule has 0 bridgehead atoms. The first-order valence-electron chi connectivity index (χ1n) is 11.7. The number of aryl methyl sites for hydroxylation is 1. The minimum absolute atomic E-state index is 0.568. The van der Waals surface area contributed by atoms with Gasteiger partial charge in [-0.1, -0.05) is 58.3 Å². The van der Waals surface area contributed by atoms with E-state index in [2.05, 4.69) is 6.92 Å². The molecule has 2 aliphatic rings. The summed E-state index contributed by atoms with van der Waals surface area (Å²) in [5, 5.41) is 0. The maximum Gasteiger partial charge on any atom is 0.194 e. The monoisotopic (exact) mass is 394 g/mol. The van der Waals surface area contributed by atoms with Crippen molar-refractivity contribution in [3.63, 3.8) is 0 Å². The fourth-order valence-corrected chi connectivity index (χ4v) is 5.82. The van der Waals surface area contributed by atoms with Gasteiger partial charge >= 0.3 is 0 Å². The average Bonchev–Trinajstić information content (AvgIpc) is 2.71. The van der Waals surface area contributed by atoms with E-state index in [0.29, 0.717) is 12.0 Å². The largest absolute Gasteiger partial charge is 0.204 e. The number of hydrogen-bond donors (Lipinski definition) is 0. The maximum atomic E-state index is 13.3. The Morgan fingerprint density at radius 3 is 1.71 bits per heavy atom. The third kappa shape index (κ3) is 6.00. The van der Waals surface area contributed by atoms with Gasteiger partial charge < -0.3 is 0 Å². The van der Waals surface area contributed by atoms with Gasteiger partial charge in [0.2, 0.25) is 0 Å². The molecule has 3 rings (SSSR count). The van der Waals surface area contributed by atoms with Gasteiger partial charge in [-0.2, -0.15) is 0 Å². The Morgan fingerprint density at radius 2 is 1.21 bits per heavy atom. The second-order valence-electron chi connectivity index (χ2n) is 9.47. The second-order valence-corrected chi connectivity index (χ2v) is 9.47. The number of benzene rings is 1. The van der Waals surface area contributed by atoms with Crippen molar-refractivity contribution in [1.82, 2.24) is 0 Å². The number of hydrogen-bond acceptors (Lipinski definition) is 0. The maximum absolute atomic E-state index is 13.3. The van der Waals surface area contributed by atoms with Crippen molar-refractivity contribution in [3.8, 4) is 0 Å². The van der Waals surface area contributed by atoms with E-state index in [4.69, 9.17) is 0 Å². The normalized spacial score (nSPS) is 28.4. The lowest BCUT2D eigenvalue weighted by Gasteiger charge is -2.38. The Morgan fingerprint density at radius 1 is 0.714 bits per heavy atom. The molecule has 0 radical (unpaired) electrons. The standard InChI is InChI=1S/C25H37F3/c1-2-5-18-8-12-21(13-9-18)22-14-10-19(11-15-22)6-3-4-7-20-16-23(26)25(28)24(27)17-20/h16-19,21-22H,2-15H2,1H3/t18-,19?,21-,22?. The highest BCUT2D eigenvalue weighted by atomic mass is 19.2. The van der Waals surface area contributed by atoms with Crippen LogP contribution in [0.1, 0.15) is 96.0 Å². The summed E-state index contributed by atoms with van der Waals surface area (Å²) in [5.41, 5.74) is 0.568. The Labute approximate surface area is 169 Å². The van der Waals surface area contributed by atoms with Crippen LogP contribution in [0.15, 0.2) is 12.1 Å². The molecule has 3 heteroatoms. The lowest BCUT2D eigenvalue weighted by Crippen LogP contribution is -2.25. The van der Waals surface area contributed by atoms with Crippen molar-refractivity contribution < 1.29 is 13.2 Å². The van der Waals surface area contributed by atoms with Crippen molar-refractivity contribution in [2.75, 3.05) is 0 Å². The van der Waals surface area contributed by atoms with Gasteiger partial charge in [0.15, 0.2) is 17.5 Å². The summed E-state index contributed by atoms with van der Waals surface area (Å²) in [4.78, 5) is 0. The molecule has 0 spiro atoms. The number of halogens is 3. The minimum Gasteiger partial charge on any atom is -0.204 e. The van der Waals surface area contributed by atoms with E-state index < -0.39 is 17.5 Å². The Hall–Kier alpha value is -0.990. The average molecular weight is 395 g/mol. The van der Waals surface area contributed by atoms with Crippen LogP contribution in [0, 0.1) is 41.1 Å². The van der Waals surface area contributed by atoms with Crippen molar-refractivity contribution in [1.29, 1.82) is 0 Å². The predicted molar refractivity (Wildman–Crippen MR) is 110 cm³/mol. The molecule has 0 aliphatic heterocycles. The van der Waals surface area contributed by atoms with Gasteiger partial charge in [-0.3, -0.25) is 0 Å². The third-order valence-electron chi connectivity index (χ3n) is 7.52. The summed E-state index contributed by atoms with van der Waals surface area (Å²) >= 11 is 0. The lowest BCUT2D eigenvalue weighted by atomic mass is 9.68. The molecule has 0 amide bonds. The number of rotatable bonds is 8. The summed E-state index contributed by atoms with van der Waals surface area (Å²) in [5.74, 6) is 0.268. The molecular weight excluding hydrogens is 357 g/mol. The molecular formula is C25H37F3. The van der Waals surface area contributed by atoms with Crippen LogP contribution < -0.4 is 0 Å². The highest BCUT2D eigenvalue weighted by molar-refractivity contribution is 5.19. The van der Waals surface area contributed by atoms with Gasteiger partial charge in [-0.05, 0) is 79.9 Å². The molecule has 0 nitrogen and oxygen atoms in total. The first-order chi connectivity index (χ1) is 13.6. The molecule has 1 aromatic carbocycles. The molecule has 0 aromatic heterocycles. The van der Waals surface area contributed by atoms with Gasteiger partial charge in [0.25, 0.3) is 0 Å². The Kier molecular flexibility index (Phi) is 8.29. The molecule has 0 saturated heterocycles. The Balaban J connectivity index is 1.31. The molecule has 2 fully saturated rings. The second kappa shape index (κ2) is 10.7. The zero-order chi connectivity index (χ0) is 19.9. The van der Waals surface area contributed by atoms with Crippen molar-refractivity contribution in [3.05, 3.63) is 35.1 Å². The highest BCUT2D eigenvalue weighted by Gasteiger charge is 2.30. The van der Waals surface area contributed by atoms with Crippen molar-refractivity contribution in [2.24, 2.45) is 23.7 Å². The zero-order valence-electron chi connectivity index (χ0n) is 17.5. The van der Waals surface area contributed by atoms with E-state index in [-0.39, 0.29) is 0 Å². The summed E-state index contributed by atoms with van der Waals surface area (Å²) in [6.45, 7) is 2.31. The number of unbranched alkanes of at least 4 members (excludes halogenated alkanes) is 1. The predicted octanol–water partition coefficient (Wildman–Crippen LogP) is 8.23. The van der Waals surface area contributed by atoms with Gasteiger partial charge in [-0.15, -0.1) is 0 Å². The summed E-state index contributed by atoms with van der Waals surface area (Å²) in [6.07, 6.45) is 18.0. The van der Waals surface area contributed by atoms with Crippen LogP contribution in [0.3, 0.4) is 0 Å².